The molecule has 0 atom stereocenters. The largest absolute Gasteiger partial charge is 0.493 e. The van der Waals surface area contributed by atoms with E-state index in [2.05, 4.69) is 0 Å². The van der Waals surface area contributed by atoms with Crippen LogP contribution in [0.1, 0.15) is 5.56 Å². The molecule has 0 aromatic heterocycles. The van der Waals surface area contributed by atoms with Crippen LogP contribution in [0.4, 0.5) is 0 Å². The van der Waals surface area contributed by atoms with Gasteiger partial charge in [0.15, 0.2) is 11.5 Å². The van der Waals surface area contributed by atoms with Gasteiger partial charge in [-0.15, -0.1) is 0 Å². The number of ether oxygens (including phenoxy) is 2. The van der Waals surface area contributed by atoms with Gasteiger partial charge in [0.05, 0.1) is 19.2 Å². The van der Waals surface area contributed by atoms with Crippen molar-refractivity contribution in [3.63, 3.8) is 0 Å². The zero-order chi connectivity index (χ0) is 9.84. The fraction of sp³-hybridized carbons (Fsp3) is 0.222. The quantitative estimate of drug-likeness (QED) is 0.745. The molecule has 0 amide bonds. The van der Waals surface area contributed by atoms with Crippen LogP contribution in [0.2, 0.25) is 5.02 Å². The molecule has 0 N–H and O–H groups in total. The maximum absolute atomic E-state index is 10.4. The Morgan fingerprint density at radius 2 is 2.00 bits per heavy atom. The Morgan fingerprint density at radius 1 is 1.31 bits per heavy atom. The Balaban J connectivity index is 3.31. The second-order valence-corrected chi connectivity index (χ2v) is 2.64. The van der Waals surface area contributed by atoms with Gasteiger partial charge < -0.3 is 9.47 Å². The standard InChI is InChI=1S/C9H8ClO3/c1-12-7-4-3-6(5-11)8(10)9(7)13-2/h3-4H,1-2H3. The number of methoxy groups -OCH3 is 2. The van der Waals surface area contributed by atoms with E-state index in [0.717, 1.165) is 0 Å². The van der Waals surface area contributed by atoms with Crippen LogP contribution in [0.3, 0.4) is 0 Å². The summed E-state index contributed by atoms with van der Waals surface area (Å²) in [6.45, 7) is 0. The highest BCUT2D eigenvalue weighted by atomic mass is 35.5. The third-order valence-corrected chi connectivity index (χ3v) is 1.97. The van der Waals surface area contributed by atoms with E-state index in [1.807, 2.05) is 0 Å². The van der Waals surface area contributed by atoms with Gasteiger partial charge in [-0.3, -0.25) is 4.79 Å². The van der Waals surface area contributed by atoms with E-state index in [0.29, 0.717) is 11.5 Å². The van der Waals surface area contributed by atoms with Crippen LogP contribution in [0, 0.1) is 0 Å². The molecule has 0 saturated carbocycles. The van der Waals surface area contributed by atoms with Gasteiger partial charge in [-0.05, 0) is 12.1 Å². The molecule has 1 aromatic rings. The summed E-state index contributed by atoms with van der Waals surface area (Å²) in [6.07, 6.45) is 1.70. The first-order valence-corrected chi connectivity index (χ1v) is 3.91. The molecular formula is C9H8ClO3. The van der Waals surface area contributed by atoms with Crippen molar-refractivity contribution in [1.29, 1.82) is 0 Å². The molecule has 0 saturated heterocycles. The highest BCUT2D eigenvalue weighted by Crippen LogP contribution is 2.36. The Bertz CT molecular complexity index is 323. The predicted molar refractivity (Wildman–Crippen MR) is 49.4 cm³/mol. The lowest BCUT2D eigenvalue weighted by molar-refractivity contribution is 0.355. The van der Waals surface area contributed by atoms with Crippen LogP contribution in [0.25, 0.3) is 0 Å². The van der Waals surface area contributed by atoms with E-state index >= 15 is 0 Å². The summed E-state index contributed by atoms with van der Waals surface area (Å²) in [4.78, 5) is 10.4. The molecule has 0 fully saturated rings. The summed E-state index contributed by atoms with van der Waals surface area (Å²) in [5.74, 6) is 0.844. The molecule has 0 aliphatic heterocycles. The zero-order valence-electron chi connectivity index (χ0n) is 7.26. The van der Waals surface area contributed by atoms with Crippen LogP contribution >= 0.6 is 11.6 Å². The van der Waals surface area contributed by atoms with Crippen molar-refractivity contribution in [3.05, 3.63) is 22.7 Å². The predicted octanol–water partition coefficient (Wildman–Crippen LogP) is 1.81. The fourth-order valence-electron chi connectivity index (χ4n) is 0.968. The van der Waals surface area contributed by atoms with E-state index in [1.165, 1.54) is 20.3 Å². The first-order chi connectivity index (χ1) is 6.24. The van der Waals surface area contributed by atoms with Crippen LogP contribution in [-0.4, -0.2) is 20.5 Å². The average molecular weight is 200 g/mol. The molecule has 0 aliphatic rings. The van der Waals surface area contributed by atoms with Gasteiger partial charge in [-0.1, -0.05) is 11.6 Å². The third kappa shape index (κ3) is 1.75. The highest BCUT2D eigenvalue weighted by molar-refractivity contribution is 6.34. The summed E-state index contributed by atoms with van der Waals surface area (Å²) in [5, 5.41) is 0.219. The van der Waals surface area contributed by atoms with Gasteiger partial charge in [-0.25, -0.2) is 0 Å². The number of carbonyl (C=O) groups excluding carboxylic acids is 1. The van der Waals surface area contributed by atoms with Crippen molar-refractivity contribution < 1.29 is 14.3 Å². The Labute approximate surface area is 81.2 Å². The van der Waals surface area contributed by atoms with E-state index in [-0.39, 0.29) is 10.6 Å². The molecule has 0 unspecified atom stereocenters. The molecule has 1 radical (unpaired) electrons. The third-order valence-electron chi connectivity index (χ3n) is 1.59. The molecule has 1 aromatic carbocycles. The average Bonchev–Trinajstić information content (AvgIpc) is 2.17. The maximum Gasteiger partial charge on any atom is 0.235 e. The summed E-state index contributed by atoms with van der Waals surface area (Å²) < 4.78 is 9.95. The molecule has 0 bridgehead atoms. The first kappa shape index (κ1) is 9.86. The van der Waals surface area contributed by atoms with Gasteiger partial charge >= 0.3 is 0 Å². The van der Waals surface area contributed by atoms with Crippen molar-refractivity contribution in [3.8, 4) is 11.5 Å². The van der Waals surface area contributed by atoms with Crippen LogP contribution in [-0.2, 0) is 4.79 Å². The Morgan fingerprint density at radius 3 is 2.46 bits per heavy atom. The molecular weight excluding hydrogens is 192 g/mol. The molecule has 3 nitrogen and oxygen atoms in total. The topological polar surface area (TPSA) is 35.5 Å². The van der Waals surface area contributed by atoms with Crippen molar-refractivity contribution in [1.82, 2.24) is 0 Å². The van der Waals surface area contributed by atoms with Gasteiger partial charge in [0.1, 0.15) is 0 Å². The normalized spacial score (nSPS) is 9.46. The van der Waals surface area contributed by atoms with E-state index in [1.54, 1.807) is 12.4 Å². The summed E-state index contributed by atoms with van der Waals surface area (Å²) in [6, 6.07) is 3.13. The van der Waals surface area contributed by atoms with Crippen LogP contribution in [0.15, 0.2) is 12.1 Å². The lowest BCUT2D eigenvalue weighted by Crippen LogP contribution is -1.93. The van der Waals surface area contributed by atoms with Crippen molar-refractivity contribution in [2.45, 2.75) is 0 Å². The van der Waals surface area contributed by atoms with Crippen LogP contribution in [0.5, 0.6) is 11.5 Å². The Kier molecular flexibility index (Phi) is 3.14. The monoisotopic (exact) mass is 199 g/mol. The van der Waals surface area contributed by atoms with Gasteiger partial charge in [-0.2, -0.15) is 0 Å². The summed E-state index contributed by atoms with van der Waals surface area (Å²) in [7, 11) is 2.96. The lowest BCUT2D eigenvalue weighted by Gasteiger charge is -2.09. The second-order valence-electron chi connectivity index (χ2n) is 2.26. The smallest absolute Gasteiger partial charge is 0.235 e. The highest BCUT2D eigenvalue weighted by Gasteiger charge is 2.12. The van der Waals surface area contributed by atoms with Gasteiger partial charge in [0.25, 0.3) is 0 Å². The number of rotatable bonds is 3. The minimum atomic E-state index is 0.219. The molecule has 4 heteroatoms. The van der Waals surface area contributed by atoms with Crippen molar-refractivity contribution >= 4 is 17.9 Å². The zero-order valence-corrected chi connectivity index (χ0v) is 8.01. The van der Waals surface area contributed by atoms with Crippen LogP contribution < -0.4 is 9.47 Å². The number of benzene rings is 1. The molecule has 0 aliphatic carbocycles. The SMILES string of the molecule is COc1ccc([C]=O)c(Cl)c1OC. The molecule has 0 spiro atoms. The van der Waals surface area contributed by atoms with Gasteiger partial charge in [0.2, 0.25) is 6.29 Å². The van der Waals surface area contributed by atoms with Crippen molar-refractivity contribution in [2.75, 3.05) is 14.2 Å². The number of hydrogen-bond acceptors (Lipinski definition) is 3. The molecule has 69 valence electrons. The Hall–Kier alpha value is -1.22. The lowest BCUT2D eigenvalue weighted by atomic mass is 10.2. The van der Waals surface area contributed by atoms with E-state index in [9.17, 15) is 4.79 Å². The minimum Gasteiger partial charge on any atom is -0.493 e. The maximum atomic E-state index is 10.4. The second kappa shape index (κ2) is 4.14. The van der Waals surface area contributed by atoms with Gasteiger partial charge in [0, 0.05) is 5.56 Å². The summed E-state index contributed by atoms with van der Waals surface area (Å²) >= 11 is 5.83. The number of hydrogen-bond donors (Lipinski definition) is 0. The number of halogens is 1. The summed E-state index contributed by atoms with van der Waals surface area (Å²) in [5.41, 5.74) is 0.263. The molecule has 1 rings (SSSR count). The minimum absolute atomic E-state index is 0.219. The van der Waals surface area contributed by atoms with Crippen molar-refractivity contribution in [2.24, 2.45) is 0 Å². The molecule has 13 heavy (non-hydrogen) atoms. The molecule has 0 heterocycles. The van der Waals surface area contributed by atoms with E-state index < -0.39 is 0 Å². The first-order valence-electron chi connectivity index (χ1n) is 3.53. The fourth-order valence-corrected chi connectivity index (χ4v) is 1.24. The van der Waals surface area contributed by atoms with E-state index in [4.69, 9.17) is 21.1 Å².